The molecule has 0 radical (unpaired) electrons. The summed E-state index contributed by atoms with van der Waals surface area (Å²) in [7, 11) is 1.67. The summed E-state index contributed by atoms with van der Waals surface area (Å²) in [4.78, 5) is 5.50. The van der Waals surface area contributed by atoms with Crippen molar-refractivity contribution in [2.75, 3.05) is 7.11 Å². The number of hydrogen-bond acceptors (Lipinski definition) is 5. The van der Waals surface area contributed by atoms with Gasteiger partial charge in [-0.2, -0.15) is 0 Å². The number of pyridine rings is 1. The van der Waals surface area contributed by atoms with Crippen LogP contribution in [0.25, 0.3) is 10.9 Å². The van der Waals surface area contributed by atoms with Gasteiger partial charge in [0.25, 0.3) is 0 Å². The topological polar surface area (TPSA) is 60.2 Å². The third-order valence-electron chi connectivity index (χ3n) is 3.27. The minimum Gasteiger partial charge on any atom is -0.496 e. The number of methoxy groups -OCH3 is 1. The first-order valence-corrected chi connectivity index (χ1v) is 7.13. The SMILES string of the molecule is COc1csc(C(NN)c2cccc3ncccc23)c1. The molecular formula is C15H15N3OS. The standard InChI is InChI=1S/C15H15N3OS/c1-19-10-8-14(20-9-10)15(18-16)12-4-2-6-13-11(12)5-3-7-17-13/h2-9,15,18H,16H2,1H3. The molecule has 0 aliphatic rings. The van der Waals surface area contributed by atoms with Crippen LogP contribution in [-0.4, -0.2) is 12.1 Å². The second-order valence-corrected chi connectivity index (χ2v) is 5.35. The van der Waals surface area contributed by atoms with E-state index in [9.17, 15) is 0 Å². The van der Waals surface area contributed by atoms with Gasteiger partial charge in [-0.1, -0.05) is 18.2 Å². The van der Waals surface area contributed by atoms with Crippen molar-refractivity contribution in [2.45, 2.75) is 6.04 Å². The first-order chi connectivity index (χ1) is 9.83. The van der Waals surface area contributed by atoms with Crippen molar-refractivity contribution < 1.29 is 4.74 Å². The minimum atomic E-state index is -0.0724. The highest BCUT2D eigenvalue weighted by Gasteiger charge is 2.17. The molecule has 3 rings (SSSR count). The molecule has 1 unspecified atom stereocenters. The second-order valence-electron chi connectivity index (χ2n) is 4.41. The number of thiophene rings is 1. The Bertz CT molecular complexity index is 720. The second kappa shape index (κ2) is 5.58. The molecule has 0 aliphatic carbocycles. The number of fused-ring (bicyclic) bond motifs is 1. The van der Waals surface area contributed by atoms with Crippen molar-refractivity contribution >= 4 is 22.2 Å². The molecule has 0 amide bonds. The summed E-state index contributed by atoms with van der Waals surface area (Å²) in [6, 6.07) is 12.0. The summed E-state index contributed by atoms with van der Waals surface area (Å²) in [5, 5.41) is 3.08. The number of rotatable bonds is 4. The predicted octanol–water partition coefficient (Wildman–Crippen LogP) is 2.86. The van der Waals surface area contributed by atoms with E-state index in [1.54, 1.807) is 24.6 Å². The molecule has 102 valence electrons. The number of nitrogens with zero attached hydrogens (tertiary/aromatic N) is 1. The zero-order chi connectivity index (χ0) is 13.9. The fraction of sp³-hybridized carbons (Fsp3) is 0.133. The zero-order valence-electron chi connectivity index (χ0n) is 11.0. The van der Waals surface area contributed by atoms with Gasteiger partial charge in [0.1, 0.15) is 5.75 Å². The lowest BCUT2D eigenvalue weighted by molar-refractivity contribution is 0.416. The third-order valence-corrected chi connectivity index (χ3v) is 4.25. The molecule has 5 heteroatoms. The lowest BCUT2D eigenvalue weighted by atomic mass is 10.0. The van der Waals surface area contributed by atoms with Crippen molar-refractivity contribution in [1.82, 2.24) is 10.4 Å². The Morgan fingerprint density at radius 3 is 2.95 bits per heavy atom. The normalized spacial score (nSPS) is 12.5. The van der Waals surface area contributed by atoms with E-state index in [4.69, 9.17) is 10.6 Å². The Labute approximate surface area is 121 Å². The van der Waals surface area contributed by atoms with Crippen LogP contribution in [0.3, 0.4) is 0 Å². The molecule has 4 nitrogen and oxygen atoms in total. The van der Waals surface area contributed by atoms with Crippen LogP contribution in [0.5, 0.6) is 5.75 Å². The van der Waals surface area contributed by atoms with Gasteiger partial charge in [-0.05, 0) is 23.8 Å². The van der Waals surface area contributed by atoms with Gasteiger partial charge < -0.3 is 4.74 Å². The lowest BCUT2D eigenvalue weighted by Crippen LogP contribution is -2.28. The Hall–Kier alpha value is -1.95. The van der Waals surface area contributed by atoms with Gasteiger partial charge in [-0.3, -0.25) is 10.8 Å². The summed E-state index contributed by atoms with van der Waals surface area (Å²) >= 11 is 1.62. The molecule has 0 saturated heterocycles. The van der Waals surface area contributed by atoms with Crippen molar-refractivity contribution in [1.29, 1.82) is 0 Å². The highest BCUT2D eigenvalue weighted by Crippen LogP contribution is 2.33. The molecule has 0 saturated carbocycles. The fourth-order valence-electron chi connectivity index (χ4n) is 2.30. The third kappa shape index (κ3) is 2.27. The van der Waals surface area contributed by atoms with E-state index < -0.39 is 0 Å². The average molecular weight is 285 g/mol. The number of nitrogens with two attached hydrogens (primary N) is 1. The summed E-state index contributed by atoms with van der Waals surface area (Å²) in [6.45, 7) is 0. The van der Waals surface area contributed by atoms with Gasteiger partial charge in [0.2, 0.25) is 0 Å². The molecule has 0 fully saturated rings. The number of aromatic nitrogens is 1. The highest BCUT2D eigenvalue weighted by molar-refractivity contribution is 7.10. The first kappa shape index (κ1) is 13.1. The minimum absolute atomic E-state index is 0.0724. The number of hydrogen-bond donors (Lipinski definition) is 2. The Balaban J connectivity index is 2.11. The van der Waals surface area contributed by atoms with E-state index >= 15 is 0 Å². The average Bonchev–Trinajstić information content (AvgIpc) is 2.97. The van der Waals surface area contributed by atoms with Crippen LogP contribution in [0.15, 0.2) is 48.0 Å². The number of hydrazine groups is 1. The van der Waals surface area contributed by atoms with Crippen LogP contribution >= 0.6 is 11.3 Å². The van der Waals surface area contributed by atoms with Crippen LogP contribution in [0.1, 0.15) is 16.5 Å². The summed E-state index contributed by atoms with van der Waals surface area (Å²) in [6.07, 6.45) is 1.80. The summed E-state index contributed by atoms with van der Waals surface area (Å²) in [5.74, 6) is 6.62. The molecule has 0 spiro atoms. The van der Waals surface area contributed by atoms with Crippen LogP contribution in [-0.2, 0) is 0 Å². The highest BCUT2D eigenvalue weighted by atomic mass is 32.1. The molecule has 2 aromatic heterocycles. The van der Waals surface area contributed by atoms with Crippen LogP contribution in [0.2, 0.25) is 0 Å². The van der Waals surface area contributed by atoms with E-state index in [0.717, 1.165) is 27.1 Å². The van der Waals surface area contributed by atoms with E-state index in [1.165, 1.54) is 0 Å². The van der Waals surface area contributed by atoms with Gasteiger partial charge in [0.15, 0.2) is 0 Å². The van der Waals surface area contributed by atoms with Gasteiger partial charge in [0, 0.05) is 21.8 Å². The number of nitrogens with one attached hydrogen (secondary N) is 1. The first-order valence-electron chi connectivity index (χ1n) is 6.25. The maximum absolute atomic E-state index is 5.77. The van der Waals surface area contributed by atoms with E-state index in [2.05, 4.69) is 22.5 Å². The molecule has 1 atom stereocenters. The smallest absolute Gasteiger partial charge is 0.129 e. The maximum atomic E-state index is 5.77. The Morgan fingerprint density at radius 1 is 1.30 bits per heavy atom. The Morgan fingerprint density at radius 2 is 2.20 bits per heavy atom. The maximum Gasteiger partial charge on any atom is 0.129 e. The molecular weight excluding hydrogens is 270 g/mol. The van der Waals surface area contributed by atoms with Gasteiger partial charge in [-0.25, -0.2) is 5.43 Å². The van der Waals surface area contributed by atoms with Crippen molar-refractivity contribution in [3.05, 3.63) is 58.4 Å². The Kier molecular flexibility index (Phi) is 3.64. The quantitative estimate of drug-likeness (QED) is 0.571. The van der Waals surface area contributed by atoms with E-state index in [-0.39, 0.29) is 6.04 Å². The largest absolute Gasteiger partial charge is 0.496 e. The van der Waals surface area contributed by atoms with Gasteiger partial charge >= 0.3 is 0 Å². The van der Waals surface area contributed by atoms with Crippen LogP contribution in [0, 0.1) is 0 Å². The molecule has 3 N–H and O–H groups in total. The molecule has 3 aromatic rings. The molecule has 20 heavy (non-hydrogen) atoms. The van der Waals surface area contributed by atoms with Crippen molar-refractivity contribution in [3.8, 4) is 5.75 Å². The van der Waals surface area contributed by atoms with Gasteiger partial charge in [-0.15, -0.1) is 11.3 Å². The molecule has 0 bridgehead atoms. The molecule has 1 aromatic carbocycles. The number of benzene rings is 1. The monoisotopic (exact) mass is 285 g/mol. The predicted molar refractivity (Wildman–Crippen MR) is 81.8 cm³/mol. The van der Waals surface area contributed by atoms with Crippen LogP contribution < -0.4 is 16.0 Å². The van der Waals surface area contributed by atoms with Gasteiger partial charge in [0.05, 0.1) is 18.7 Å². The van der Waals surface area contributed by atoms with Crippen LogP contribution in [0.4, 0.5) is 0 Å². The van der Waals surface area contributed by atoms with E-state index in [0.29, 0.717) is 0 Å². The van der Waals surface area contributed by atoms with Crippen molar-refractivity contribution in [2.24, 2.45) is 5.84 Å². The molecule has 2 heterocycles. The molecule has 0 aliphatic heterocycles. The van der Waals surface area contributed by atoms with E-state index in [1.807, 2.05) is 29.6 Å². The lowest BCUT2D eigenvalue weighted by Gasteiger charge is -2.16. The summed E-state index contributed by atoms with van der Waals surface area (Å²) in [5.41, 5.74) is 4.97. The van der Waals surface area contributed by atoms with Crippen molar-refractivity contribution in [3.63, 3.8) is 0 Å². The summed E-state index contributed by atoms with van der Waals surface area (Å²) < 4.78 is 5.24. The fourth-order valence-corrected chi connectivity index (χ4v) is 3.23. The zero-order valence-corrected chi connectivity index (χ0v) is 11.9. The number of ether oxygens (including phenoxy) is 1.